The third-order valence-corrected chi connectivity index (χ3v) is 3.60. The monoisotopic (exact) mass is 247 g/mol. The van der Waals surface area contributed by atoms with Crippen molar-refractivity contribution in [2.24, 2.45) is 5.92 Å². The summed E-state index contributed by atoms with van der Waals surface area (Å²) in [6.45, 7) is 4.34. The van der Waals surface area contributed by atoms with Crippen LogP contribution in [0.15, 0.2) is 29.6 Å². The van der Waals surface area contributed by atoms with Crippen molar-refractivity contribution in [1.29, 1.82) is 0 Å². The molecule has 0 aliphatic rings. The molecule has 3 heteroatoms. The van der Waals surface area contributed by atoms with E-state index < -0.39 is 0 Å². The van der Waals surface area contributed by atoms with Crippen LogP contribution in [0.5, 0.6) is 0 Å². The minimum Gasteiger partial charge on any atom is -0.396 e. The molecule has 0 radical (unpaired) electrons. The summed E-state index contributed by atoms with van der Waals surface area (Å²) in [5.41, 5.74) is 3.46. The lowest BCUT2D eigenvalue weighted by molar-refractivity contribution is 0.237. The molecular formula is C14H17NOS. The van der Waals surface area contributed by atoms with Crippen LogP contribution in [-0.2, 0) is 6.42 Å². The number of hydrogen-bond acceptors (Lipinski definition) is 3. The largest absolute Gasteiger partial charge is 0.396 e. The lowest BCUT2D eigenvalue weighted by Gasteiger charge is -2.03. The van der Waals surface area contributed by atoms with Gasteiger partial charge >= 0.3 is 0 Å². The van der Waals surface area contributed by atoms with Gasteiger partial charge in [0.1, 0.15) is 0 Å². The van der Waals surface area contributed by atoms with Crippen molar-refractivity contribution in [3.05, 3.63) is 40.2 Å². The highest BCUT2D eigenvalue weighted by atomic mass is 32.1. The minimum atomic E-state index is 0.222. The van der Waals surface area contributed by atoms with Crippen molar-refractivity contribution in [2.75, 3.05) is 6.61 Å². The third kappa shape index (κ3) is 3.14. The number of benzene rings is 1. The molecule has 1 unspecified atom stereocenters. The molecule has 0 bridgehead atoms. The predicted molar refractivity (Wildman–Crippen MR) is 72.2 cm³/mol. The van der Waals surface area contributed by atoms with Gasteiger partial charge in [0.15, 0.2) is 0 Å². The van der Waals surface area contributed by atoms with Crippen molar-refractivity contribution in [3.63, 3.8) is 0 Å². The SMILES string of the molecule is Cc1ccc(-c2csc(CC(C)CO)n2)cc1. The summed E-state index contributed by atoms with van der Waals surface area (Å²) in [5, 5.41) is 12.2. The van der Waals surface area contributed by atoms with Crippen LogP contribution in [-0.4, -0.2) is 16.7 Å². The molecule has 1 heterocycles. The van der Waals surface area contributed by atoms with Gasteiger partial charge in [-0.05, 0) is 12.8 Å². The van der Waals surface area contributed by atoms with E-state index in [1.165, 1.54) is 5.56 Å². The van der Waals surface area contributed by atoms with Crippen LogP contribution < -0.4 is 0 Å². The maximum absolute atomic E-state index is 9.03. The van der Waals surface area contributed by atoms with Gasteiger partial charge in [-0.1, -0.05) is 36.8 Å². The second kappa shape index (κ2) is 5.43. The van der Waals surface area contributed by atoms with Crippen LogP contribution >= 0.6 is 11.3 Å². The Morgan fingerprint density at radius 1 is 1.29 bits per heavy atom. The Labute approximate surface area is 106 Å². The van der Waals surface area contributed by atoms with Gasteiger partial charge in [-0.3, -0.25) is 0 Å². The lowest BCUT2D eigenvalue weighted by atomic mass is 10.1. The quantitative estimate of drug-likeness (QED) is 0.899. The second-order valence-corrected chi connectivity index (χ2v) is 5.43. The van der Waals surface area contributed by atoms with Gasteiger partial charge < -0.3 is 5.11 Å². The summed E-state index contributed by atoms with van der Waals surface area (Å²) < 4.78 is 0. The number of aromatic nitrogens is 1. The van der Waals surface area contributed by atoms with Crippen LogP contribution in [0.4, 0.5) is 0 Å². The number of aliphatic hydroxyl groups excluding tert-OH is 1. The van der Waals surface area contributed by atoms with E-state index in [1.807, 2.05) is 6.92 Å². The Morgan fingerprint density at radius 2 is 2.00 bits per heavy atom. The Kier molecular flexibility index (Phi) is 3.92. The molecule has 2 aromatic rings. The fourth-order valence-electron chi connectivity index (χ4n) is 1.62. The molecule has 0 amide bonds. The zero-order chi connectivity index (χ0) is 12.3. The highest BCUT2D eigenvalue weighted by Gasteiger charge is 2.07. The molecule has 1 aromatic carbocycles. The van der Waals surface area contributed by atoms with E-state index in [4.69, 9.17) is 5.11 Å². The topological polar surface area (TPSA) is 33.1 Å². The van der Waals surface area contributed by atoms with Gasteiger partial charge in [-0.2, -0.15) is 0 Å². The van der Waals surface area contributed by atoms with E-state index in [0.29, 0.717) is 0 Å². The zero-order valence-electron chi connectivity index (χ0n) is 10.2. The van der Waals surface area contributed by atoms with Crippen molar-refractivity contribution in [2.45, 2.75) is 20.3 Å². The predicted octanol–water partition coefficient (Wildman–Crippen LogP) is 3.29. The van der Waals surface area contributed by atoms with Gasteiger partial charge in [-0.15, -0.1) is 11.3 Å². The number of rotatable bonds is 4. The highest BCUT2D eigenvalue weighted by molar-refractivity contribution is 7.09. The molecule has 0 saturated carbocycles. The normalized spacial score (nSPS) is 12.6. The molecule has 1 atom stereocenters. The molecule has 0 fully saturated rings. The number of thiazole rings is 1. The Bertz CT molecular complexity index is 475. The number of aryl methyl sites for hydroxylation is 1. The van der Waals surface area contributed by atoms with Crippen molar-refractivity contribution >= 4 is 11.3 Å². The molecule has 0 saturated heterocycles. The van der Waals surface area contributed by atoms with Gasteiger partial charge in [0.05, 0.1) is 10.7 Å². The summed E-state index contributed by atoms with van der Waals surface area (Å²) in [6, 6.07) is 8.41. The number of nitrogens with zero attached hydrogens (tertiary/aromatic N) is 1. The summed E-state index contributed by atoms with van der Waals surface area (Å²) in [7, 11) is 0. The van der Waals surface area contributed by atoms with E-state index in [1.54, 1.807) is 11.3 Å². The maximum Gasteiger partial charge on any atom is 0.0936 e. The van der Waals surface area contributed by atoms with Gasteiger partial charge in [0, 0.05) is 24.0 Å². The molecule has 0 aliphatic carbocycles. The van der Waals surface area contributed by atoms with Crippen LogP contribution in [0, 0.1) is 12.8 Å². The first-order valence-corrected chi connectivity index (χ1v) is 6.69. The summed E-state index contributed by atoms with van der Waals surface area (Å²) >= 11 is 1.67. The summed E-state index contributed by atoms with van der Waals surface area (Å²) in [4.78, 5) is 4.61. The molecule has 2 rings (SSSR count). The fraction of sp³-hybridized carbons (Fsp3) is 0.357. The standard InChI is InChI=1S/C14H17NOS/c1-10-3-5-12(6-4-10)13-9-17-14(15-13)7-11(2)8-16/h3-6,9,11,16H,7-8H2,1-2H3. The second-order valence-electron chi connectivity index (χ2n) is 4.48. The van der Waals surface area contributed by atoms with E-state index in [2.05, 4.69) is 41.6 Å². The summed E-state index contributed by atoms with van der Waals surface area (Å²) in [6.07, 6.45) is 0.854. The van der Waals surface area contributed by atoms with E-state index >= 15 is 0 Å². The van der Waals surface area contributed by atoms with Crippen molar-refractivity contribution in [3.8, 4) is 11.3 Å². The van der Waals surface area contributed by atoms with Crippen molar-refractivity contribution < 1.29 is 5.11 Å². The third-order valence-electron chi connectivity index (χ3n) is 2.73. The Morgan fingerprint density at radius 3 is 2.65 bits per heavy atom. The first-order valence-electron chi connectivity index (χ1n) is 5.81. The molecule has 2 nitrogen and oxygen atoms in total. The molecule has 90 valence electrons. The summed E-state index contributed by atoms with van der Waals surface area (Å²) in [5.74, 6) is 0.284. The van der Waals surface area contributed by atoms with E-state index in [-0.39, 0.29) is 12.5 Å². The van der Waals surface area contributed by atoms with Crippen LogP contribution in [0.25, 0.3) is 11.3 Å². The van der Waals surface area contributed by atoms with Gasteiger partial charge in [-0.25, -0.2) is 4.98 Å². The molecule has 1 aromatic heterocycles. The smallest absolute Gasteiger partial charge is 0.0936 e. The minimum absolute atomic E-state index is 0.222. The Balaban J connectivity index is 2.15. The zero-order valence-corrected chi connectivity index (χ0v) is 11.0. The average Bonchev–Trinajstić information content (AvgIpc) is 2.78. The number of hydrogen-bond donors (Lipinski definition) is 1. The van der Waals surface area contributed by atoms with E-state index in [9.17, 15) is 0 Å². The van der Waals surface area contributed by atoms with Crippen molar-refractivity contribution in [1.82, 2.24) is 4.98 Å². The molecule has 0 spiro atoms. The maximum atomic E-state index is 9.03. The highest BCUT2D eigenvalue weighted by Crippen LogP contribution is 2.23. The number of aliphatic hydroxyl groups is 1. The van der Waals surface area contributed by atoms with Crippen LogP contribution in [0.1, 0.15) is 17.5 Å². The van der Waals surface area contributed by atoms with Crippen LogP contribution in [0.3, 0.4) is 0 Å². The molecule has 0 aliphatic heterocycles. The molecule has 17 heavy (non-hydrogen) atoms. The van der Waals surface area contributed by atoms with E-state index in [0.717, 1.165) is 22.7 Å². The molecule has 1 N–H and O–H groups in total. The molecular weight excluding hydrogens is 230 g/mol. The first kappa shape index (κ1) is 12.3. The fourth-order valence-corrected chi connectivity index (χ4v) is 2.59. The first-order chi connectivity index (χ1) is 8.19. The average molecular weight is 247 g/mol. The van der Waals surface area contributed by atoms with Gasteiger partial charge in [0.2, 0.25) is 0 Å². The Hall–Kier alpha value is -1.19. The lowest BCUT2D eigenvalue weighted by Crippen LogP contribution is -2.03. The van der Waals surface area contributed by atoms with Crippen LogP contribution in [0.2, 0.25) is 0 Å². The van der Waals surface area contributed by atoms with Gasteiger partial charge in [0.25, 0.3) is 0 Å².